The second kappa shape index (κ2) is 5.29. The third kappa shape index (κ3) is 2.84. The first-order valence-corrected chi connectivity index (χ1v) is 7.01. The van der Waals surface area contributed by atoms with Crippen molar-refractivity contribution in [1.29, 1.82) is 0 Å². The van der Waals surface area contributed by atoms with Gasteiger partial charge in [-0.1, -0.05) is 0 Å². The summed E-state index contributed by atoms with van der Waals surface area (Å²) in [4.78, 5) is 13.0. The molecule has 16 heavy (non-hydrogen) atoms. The number of halogens is 1. The van der Waals surface area contributed by atoms with Crippen LogP contribution in [-0.2, 0) is 4.79 Å². The zero-order valence-electron chi connectivity index (χ0n) is 9.13. The molecular formula is C11H15BrN2OS. The monoisotopic (exact) mass is 302 g/mol. The van der Waals surface area contributed by atoms with Crippen molar-refractivity contribution < 1.29 is 4.79 Å². The summed E-state index contributed by atoms with van der Waals surface area (Å²) in [5, 5.41) is 6.20. The fourth-order valence-electron chi connectivity index (χ4n) is 1.58. The van der Waals surface area contributed by atoms with Crippen LogP contribution in [0.25, 0.3) is 0 Å². The minimum Gasteiger partial charge on any atom is -0.355 e. The maximum Gasteiger partial charge on any atom is 0.228 e. The van der Waals surface area contributed by atoms with Gasteiger partial charge < -0.3 is 10.6 Å². The van der Waals surface area contributed by atoms with Gasteiger partial charge in [0.2, 0.25) is 5.91 Å². The highest BCUT2D eigenvalue weighted by Gasteiger charge is 2.20. The van der Waals surface area contributed by atoms with E-state index in [2.05, 4.69) is 26.6 Å². The van der Waals surface area contributed by atoms with Crippen LogP contribution in [0.1, 0.15) is 17.7 Å². The van der Waals surface area contributed by atoms with Crippen molar-refractivity contribution in [1.82, 2.24) is 10.6 Å². The van der Waals surface area contributed by atoms with E-state index in [1.165, 1.54) is 0 Å². The molecule has 88 valence electrons. The average molecular weight is 303 g/mol. The van der Waals surface area contributed by atoms with E-state index in [1.54, 1.807) is 11.3 Å². The lowest BCUT2D eigenvalue weighted by Gasteiger charge is -2.27. The molecule has 0 radical (unpaired) electrons. The number of carbonyl (C=O) groups excluding carboxylic acids is 1. The number of thiophene rings is 1. The second-order valence-electron chi connectivity index (χ2n) is 4.13. The van der Waals surface area contributed by atoms with Crippen LogP contribution in [0.3, 0.4) is 0 Å². The van der Waals surface area contributed by atoms with Gasteiger partial charge in [-0.3, -0.25) is 4.79 Å². The summed E-state index contributed by atoms with van der Waals surface area (Å²) >= 11 is 5.03. The Morgan fingerprint density at radius 3 is 2.94 bits per heavy atom. The molecular weight excluding hydrogens is 288 g/mol. The highest BCUT2D eigenvalue weighted by Crippen LogP contribution is 2.28. The van der Waals surface area contributed by atoms with Gasteiger partial charge in [0, 0.05) is 30.4 Å². The van der Waals surface area contributed by atoms with Gasteiger partial charge in [-0.2, -0.15) is 0 Å². The molecule has 1 unspecified atom stereocenters. The first-order valence-electron chi connectivity index (χ1n) is 5.40. The molecule has 1 aromatic heterocycles. The Balaban J connectivity index is 1.83. The Hall–Kier alpha value is -0.390. The van der Waals surface area contributed by atoms with Crippen molar-refractivity contribution in [3.63, 3.8) is 0 Å². The van der Waals surface area contributed by atoms with Gasteiger partial charge in [0.1, 0.15) is 0 Å². The molecule has 0 spiro atoms. The molecule has 1 amide bonds. The van der Waals surface area contributed by atoms with Crippen molar-refractivity contribution in [2.24, 2.45) is 5.92 Å². The molecule has 0 bridgehead atoms. The van der Waals surface area contributed by atoms with Crippen LogP contribution in [0.5, 0.6) is 0 Å². The van der Waals surface area contributed by atoms with Crippen molar-refractivity contribution >= 4 is 33.2 Å². The lowest BCUT2D eigenvalue weighted by atomic mass is 10.0. The number of rotatable bonds is 4. The topological polar surface area (TPSA) is 41.1 Å². The summed E-state index contributed by atoms with van der Waals surface area (Å²) in [5.74, 6) is 0.691. The second-order valence-corrected chi connectivity index (χ2v) is 6.63. The standard InChI is InChI=1S/C11H15BrN2OS/c1-7(9-2-3-10(12)16-9)11(15)14-6-8-4-13-5-8/h2-3,7-8,13H,4-6H2,1H3,(H,14,15). The van der Waals surface area contributed by atoms with Crippen LogP contribution in [0.2, 0.25) is 0 Å². The fraction of sp³-hybridized carbons (Fsp3) is 0.545. The van der Waals surface area contributed by atoms with E-state index < -0.39 is 0 Å². The van der Waals surface area contributed by atoms with Crippen LogP contribution >= 0.6 is 27.3 Å². The Morgan fingerprint density at radius 1 is 1.69 bits per heavy atom. The quantitative estimate of drug-likeness (QED) is 0.892. The van der Waals surface area contributed by atoms with Gasteiger partial charge in [0.25, 0.3) is 0 Å². The summed E-state index contributed by atoms with van der Waals surface area (Å²) in [6, 6.07) is 3.99. The SMILES string of the molecule is CC(C(=O)NCC1CNC1)c1ccc(Br)s1. The molecule has 3 nitrogen and oxygen atoms in total. The summed E-state index contributed by atoms with van der Waals surface area (Å²) in [6.07, 6.45) is 0. The molecule has 2 heterocycles. The van der Waals surface area contributed by atoms with Crippen molar-refractivity contribution in [2.45, 2.75) is 12.8 Å². The molecule has 2 N–H and O–H groups in total. The first kappa shape index (κ1) is 12.1. The molecule has 1 aliphatic rings. The van der Waals surface area contributed by atoms with Gasteiger partial charge in [0.05, 0.1) is 9.70 Å². The van der Waals surface area contributed by atoms with Crippen molar-refractivity contribution in [2.75, 3.05) is 19.6 Å². The average Bonchev–Trinajstić information content (AvgIpc) is 2.61. The maximum atomic E-state index is 11.9. The van der Waals surface area contributed by atoms with E-state index in [4.69, 9.17) is 0 Å². The predicted molar refractivity (Wildman–Crippen MR) is 69.8 cm³/mol. The minimum absolute atomic E-state index is 0.0515. The smallest absolute Gasteiger partial charge is 0.228 e. The predicted octanol–water partition coefficient (Wildman–Crippen LogP) is 1.95. The van der Waals surface area contributed by atoms with E-state index in [9.17, 15) is 4.79 Å². The molecule has 5 heteroatoms. The molecule has 1 fully saturated rings. The van der Waals surface area contributed by atoms with E-state index in [-0.39, 0.29) is 11.8 Å². The number of hydrogen-bond acceptors (Lipinski definition) is 3. The van der Waals surface area contributed by atoms with E-state index in [0.29, 0.717) is 5.92 Å². The molecule has 2 rings (SSSR count). The van der Waals surface area contributed by atoms with Crippen LogP contribution in [-0.4, -0.2) is 25.5 Å². The number of nitrogens with one attached hydrogen (secondary N) is 2. The summed E-state index contributed by atoms with van der Waals surface area (Å²) < 4.78 is 1.07. The first-order chi connectivity index (χ1) is 7.66. The number of carbonyl (C=O) groups is 1. The van der Waals surface area contributed by atoms with Crippen LogP contribution < -0.4 is 10.6 Å². The largest absolute Gasteiger partial charge is 0.355 e. The Kier molecular flexibility index (Phi) is 4.00. The third-order valence-corrected chi connectivity index (χ3v) is 4.65. The summed E-state index contributed by atoms with van der Waals surface area (Å²) in [6.45, 7) is 4.80. The van der Waals surface area contributed by atoms with Gasteiger partial charge in [-0.05, 0) is 35.0 Å². The van der Waals surface area contributed by atoms with Crippen molar-refractivity contribution in [3.05, 3.63) is 20.8 Å². The molecule has 1 saturated heterocycles. The van der Waals surface area contributed by atoms with Gasteiger partial charge in [-0.15, -0.1) is 11.3 Å². The van der Waals surface area contributed by atoms with E-state index in [0.717, 1.165) is 28.3 Å². The Labute approximate surface area is 108 Å². The molecule has 0 aliphatic carbocycles. The molecule has 1 atom stereocenters. The molecule has 1 aliphatic heterocycles. The molecule has 0 saturated carbocycles. The Bertz CT molecular complexity index is 376. The Morgan fingerprint density at radius 2 is 2.44 bits per heavy atom. The van der Waals surface area contributed by atoms with Gasteiger partial charge >= 0.3 is 0 Å². The van der Waals surface area contributed by atoms with Gasteiger partial charge in [-0.25, -0.2) is 0 Å². The molecule has 1 aromatic rings. The van der Waals surface area contributed by atoms with E-state index >= 15 is 0 Å². The van der Waals surface area contributed by atoms with Crippen LogP contribution in [0, 0.1) is 5.92 Å². The van der Waals surface area contributed by atoms with Crippen LogP contribution in [0.4, 0.5) is 0 Å². The van der Waals surface area contributed by atoms with Gasteiger partial charge in [0.15, 0.2) is 0 Å². The highest BCUT2D eigenvalue weighted by molar-refractivity contribution is 9.11. The third-order valence-electron chi connectivity index (χ3n) is 2.85. The zero-order chi connectivity index (χ0) is 11.5. The lowest BCUT2D eigenvalue weighted by Crippen LogP contribution is -2.48. The van der Waals surface area contributed by atoms with Crippen LogP contribution in [0.15, 0.2) is 15.9 Å². The maximum absolute atomic E-state index is 11.9. The highest BCUT2D eigenvalue weighted by atomic mass is 79.9. The lowest BCUT2D eigenvalue weighted by molar-refractivity contribution is -0.122. The fourth-order valence-corrected chi connectivity index (χ4v) is 3.06. The summed E-state index contributed by atoms with van der Waals surface area (Å²) in [5.41, 5.74) is 0. The zero-order valence-corrected chi connectivity index (χ0v) is 11.5. The molecule has 0 aromatic carbocycles. The minimum atomic E-state index is -0.0515. The van der Waals surface area contributed by atoms with Crippen molar-refractivity contribution in [3.8, 4) is 0 Å². The number of amides is 1. The normalized spacial score (nSPS) is 17.9. The summed E-state index contributed by atoms with van der Waals surface area (Å²) in [7, 11) is 0. The van der Waals surface area contributed by atoms with E-state index in [1.807, 2.05) is 19.1 Å². The number of hydrogen-bond donors (Lipinski definition) is 2.